The van der Waals surface area contributed by atoms with E-state index in [1.165, 1.54) is 6.20 Å². The lowest BCUT2D eigenvalue weighted by Crippen LogP contribution is -2.41. The molecule has 0 aromatic carbocycles. The van der Waals surface area contributed by atoms with Crippen LogP contribution in [0.15, 0.2) is 23.5 Å². The Kier molecular flexibility index (Phi) is 6.08. The van der Waals surface area contributed by atoms with Crippen LogP contribution in [0.25, 0.3) is 0 Å². The molecule has 0 N–H and O–H groups in total. The van der Waals surface area contributed by atoms with Crippen LogP contribution in [0, 0.1) is 12.8 Å². The fraction of sp³-hybridized carbons (Fsp3) is 0.700. The van der Waals surface area contributed by atoms with Crippen LogP contribution in [0.1, 0.15) is 50.0 Å². The van der Waals surface area contributed by atoms with Crippen molar-refractivity contribution < 1.29 is 13.2 Å². The monoisotopic (exact) mass is 421 g/mol. The van der Waals surface area contributed by atoms with Crippen LogP contribution in [-0.2, 0) is 27.8 Å². The van der Waals surface area contributed by atoms with Crippen molar-refractivity contribution in [3.8, 4) is 0 Å². The molecule has 2 fully saturated rings. The predicted molar refractivity (Wildman–Crippen MR) is 109 cm³/mol. The number of imidazole rings is 1. The zero-order valence-electron chi connectivity index (χ0n) is 17.3. The smallest absolute Gasteiger partial charge is 0.246 e. The highest BCUT2D eigenvalue weighted by atomic mass is 32.2. The molecule has 2 aliphatic heterocycles. The fourth-order valence-electron chi connectivity index (χ4n) is 4.45. The van der Waals surface area contributed by atoms with E-state index in [1.807, 2.05) is 13.1 Å². The predicted octanol–water partition coefficient (Wildman–Crippen LogP) is 2.40. The van der Waals surface area contributed by atoms with Crippen molar-refractivity contribution >= 4 is 10.0 Å². The highest BCUT2D eigenvalue weighted by Crippen LogP contribution is 2.29. The third-order valence-electron chi connectivity index (χ3n) is 6.17. The number of aromatic nitrogens is 4. The first-order valence-electron chi connectivity index (χ1n) is 10.6. The molecule has 0 saturated carbocycles. The van der Waals surface area contributed by atoms with Crippen molar-refractivity contribution in [2.45, 2.75) is 63.4 Å². The first-order valence-corrected chi connectivity index (χ1v) is 12.1. The number of piperidine rings is 1. The summed E-state index contributed by atoms with van der Waals surface area (Å²) in [6.07, 6.45) is 8.96. The minimum Gasteiger partial charge on any atom is -0.381 e. The van der Waals surface area contributed by atoms with Gasteiger partial charge in [-0.3, -0.25) is 4.68 Å². The van der Waals surface area contributed by atoms with E-state index in [-0.39, 0.29) is 5.92 Å². The molecule has 2 aliphatic rings. The summed E-state index contributed by atoms with van der Waals surface area (Å²) in [6, 6.07) is 0. The molecule has 2 saturated heterocycles. The lowest BCUT2D eigenvalue weighted by molar-refractivity contribution is 0.0824. The Hall–Kier alpha value is -1.71. The summed E-state index contributed by atoms with van der Waals surface area (Å²) in [6.45, 7) is 8.22. The maximum Gasteiger partial charge on any atom is 0.246 e. The average molecular weight is 422 g/mol. The molecule has 9 heteroatoms. The van der Waals surface area contributed by atoms with Crippen LogP contribution in [-0.4, -0.2) is 58.4 Å². The molecule has 0 aliphatic carbocycles. The van der Waals surface area contributed by atoms with Crippen LogP contribution in [0.2, 0.25) is 0 Å². The summed E-state index contributed by atoms with van der Waals surface area (Å²) in [5.74, 6) is 1.85. The number of sulfonamides is 1. The van der Waals surface area contributed by atoms with Crippen molar-refractivity contribution in [3.63, 3.8) is 0 Å². The van der Waals surface area contributed by atoms with Gasteiger partial charge in [-0.1, -0.05) is 0 Å². The minimum absolute atomic E-state index is 0.284. The number of hydrogen-bond acceptors (Lipinski definition) is 5. The quantitative estimate of drug-likeness (QED) is 0.715. The zero-order chi connectivity index (χ0) is 20.4. The second kappa shape index (κ2) is 8.57. The lowest BCUT2D eigenvalue weighted by atomic mass is 9.97. The van der Waals surface area contributed by atoms with E-state index in [4.69, 9.17) is 9.72 Å². The second-order valence-corrected chi connectivity index (χ2v) is 10.1. The van der Waals surface area contributed by atoms with Crippen molar-refractivity contribution in [1.29, 1.82) is 0 Å². The number of nitrogens with zero attached hydrogens (tertiary/aromatic N) is 5. The second-order valence-electron chi connectivity index (χ2n) is 8.16. The van der Waals surface area contributed by atoms with E-state index in [0.717, 1.165) is 57.0 Å². The maximum atomic E-state index is 13.1. The molecule has 0 bridgehead atoms. The third-order valence-corrected chi connectivity index (χ3v) is 7.98. The van der Waals surface area contributed by atoms with Crippen LogP contribution in [0.4, 0.5) is 0 Å². The van der Waals surface area contributed by atoms with Crippen LogP contribution < -0.4 is 0 Å². The van der Waals surface area contributed by atoms with Crippen molar-refractivity contribution in [2.75, 3.05) is 26.3 Å². The molecule has 1 unspecified atom stereocenters. The van der Waals surface area contributed by atoms with Gasteiger partial charge in [0, 0.05) is 63.4 Å². The van der Waals surface area contributed by atoms with Gasteiger partial charge in [0.15, 0.2) is 0 Å². The molecule has 4 rings (SSSR count). The Labute approximate surface area is 172 Å². The number of aryl methyl sites for hydroxylation is 2. The Bertz CT molecular complexity index is 930. The Balaban J connectivity index is 1.49. The molecular formula is C20H31N5O3S. The molecule has 2 aromatic heterocycles. The molecule has 8 nitrogen and oxygen atoms in total. The number of rotatable bonds is 6. The SMILES string of the molecule is CCn1cc(S(=O)(=O)N2CCCC(Cn3c(C)cnc3C3CCOCC3)C2)cn1. The summed E-state index contributed by atoms with van der Waals surface area (Å²) in [5.41, 5.74) is 1.15. The average Bonchev–Trinajstić information content (AvgIpc) is 3.37. The highest BCUT2D eigenvalue weighted by molar-refractivity contribution is 7.89. The Morgan fingerprint density at radius 1 is 1.21 bits per heavy atom. The molecule has 29 heavy (non-hydrogen) atoms. The fourth-order valence-corrected chi connectivity index (χ4v) is 5.96. The molecule has 2 aromatic rings. The maximum absolute atomic E-state index is 13.1. The van der Waals surface area contributed by atoms with E-state index in [1.54, 1.807) is 15.2 Å². The molecule has 1 atom stereocenters. The van der Waals surface area contributed by atoms with Gasteiger partial charge >= 0.3 is 0 Å². The van der Waals surface area contributed by atoms with Crippen LogP contribution >= 0.6 is 0 Å². The normalized spacial score (nSPS) is 22.2. The molecule has 0 radical (unpaired) electrons. The van der Waals surface area contributed by atoms with Gasteiger partial charge < -0.3 is 9.30 Å². The Morgan fingerprint density at radius 2 is 2.00 bits per heavy atom. The molecule has 0 spiro atoms. The van der Waals surface area contributed by atoms with Gasteiger partial charge in [0.1, 0.15) is 10.7 Å². The van der Waals surface area contributed by atoms with Crippen LogP contribution in [0.3, 0.4) is 0 Å². The largest absolute Gasteiger partial charge is 0.381 e. The van der Waals surface area contributed by atoms with E-state index in [9.17, 15) is 8.42 Å². The standard InChI is InChI=1S/C20H31N5O3S/c1-3-23-15-19(12-22-23)29(26,27)24-8-4-5-17(13-24)14-25-16(2)11-21-20(25)18-6-9-28-10-7-18/h11-12,15,17-18H,3-10,13-14H2,1-2H3. The van der Waals surface area contributed by atoms with Gasteiger partial charge in [0.2, 0.25) is 10.0 Å². The van der Waals surface area contributed by atoms with Gasteiger partial charge in [-0.15, -0.1) is 0 Å². The van der Waals surface area contributed by atoms with Crippen molar-refractivity contribution in [1.82, 2.24) is 23.6 Å². The molecule has 4 heterocycles. The molecule has 160 valence electrons. The lowest BCUT2D eigenvalue weighted by Gasteiger charge is -2.33. The Morgan fingerprint density at radius 3 is 2.72 bits per heavy atom. The van der Waals surface area contributed by atoms with E-state index < -0.39 is 10.0 Å². The third kappa shape index (κ3) is 4.27. The van der Waals surface area contributed by atoms with E-state index in [0.29, 0.717) is 30.4 Å². The zero-order valence-corrected chi connectivity index (χ0v) is 18.1. The number of hydrogen-bond donors (Lipinski definition) is 0. The van der Waals surface area contributed by atoms with Gasteiger partial charge in [-0.2, -0.15) is 9.40 Å². The van der Waals surface area contributed by atoms with Gasteiger partial charge in [-0.25, -0.2) is 13.4 Å². The first-order chi connectivity index (χ1) is 14.0. The van der Waals surface area contributed by atoms with Gasteiger partial charge in [0.25, 0.3) is 0 Å². The summed E-state index contributed by atoms with van der Waals surface area (Å²) in [4.78, 5) is 4.99. The van der Waals surface area contributed by atoms with Crippen LogP contribution in [0.5, 0.6) is 0 Å². The minimum atomic E-state index is -3.50. The highest BCUT2D eigenvalue weighted by Gasteiger charge is 2.32. The number of ether oxygens (including phenoxy) is 1. The first kappa shape index (κ1) is 20.6. The summed E-state index contributed by atoms with van der Waals surface area (Å²) < 4.78 is 37.3. The van der Waals surface area contributed by atoms with Gasteiger partial charge in [-0.05, 0) is 45.4 Å². The molecular weight excluding hydrogens is 390 g/mol. The van der Waals surface area contributed by atoms with E-state index >= 15 is 0 Å². The summed E-state index contributed by atoms with van der Waals surface area (Å²) in [5, 5.41) is 4.14. The van der Waals surface area contributed by atoms with Gasteiger partial charge in [0.05, 0.1) is 6.20 Å². The van der Waals surface area contributed by atoms with E-state index in [2.05, 4.69) is 16.6 Å². The summed E-state index contributed by atoms with van der Waals surface area (Å²) >= 11 is 0. The summed E-state index contributed by atoms with van der Waals surface area (Å²) in [7, 11) is -3.50. The van der Waals surface area contributed by atoms with Crippen molar-refractivity contribution in [3.05, 3.63) is 30.1 Å². The topological polar surface area (TPSA) is 82.2 Å². The van der Waals surface area contributed by atoms with Crippen molar-refractivity contribution in [2.24, 2.45) is 5.92 Å². The molecule has 0 amide bonds.